The van der Waals surface area contributed by atoms with Crippen LogP contribution in [0.4, 0.5) is 13.2 Å². The van der Waals surface area contributed by atoms with Crippen molar-refractivity contribution in [3.8, 4) is 0 Å². The summed E-state index contributed by atoms with van der Waals surface area (Å²) in [7, 11) is 0. The maximum atomic E-state index is 12.7. The van der Waals surface area contributed by atoms with Gasteiger partial charge in [-0.1, -0.05) is 15.9 Å². The number of hydrogen-bond donors (Lipinski definition) is 0. The number of halogens is 4. The van der Waals surface area contributed by atoms with Gasteiger partial charge in [-0.25, -0.2) is 13.8 Å². The molecule has 1 aromatic rings. The number of nitrogens with zero attached hydrogens (tertiary/aromatic N) is 1. The molecule has 0 aliphatic rings. The van der Waals surface area contributed by atoms with E-state index in [1.54, 1.807) is 0 Å². The van der Waals surface area contributed by atoms with Crippen molar-refractivity contribution in [3.05, 3.63) is 28.8 Å². The first-order valence-corrected chi connectivity index (χ1v) is 4.71. The van der Waals surface area contributed by atoms with Crippen LogP contribution >= 0.6 is 15.9 Å². The highest BCUT2D eigenvalue weighted by Gasteiger charge is 2.18. The Bertz CT molecular complexity index is 357. The van der Waals surface area contributed by atoms with Gasteiger partial charge in [0, 0.05) is 22.5 Å². The summed E-state index contributed by atoms with van der Waals surface area (Å²) >= 11 is 2.93. The van der Waals surface area contributed by atoms with Crippen molar-refractivity contribution in [2.45, 2.75) is 11.8 Å². The van der Waals surface area contributed by atoms with Crippen LogP contribution in [0.2, 0.25) is 0 Å². The monoisotopic (exact) mass is 267 g/mol. The van der Waals surface area contributed by atoms with E-state index in [-0.39, 0.29) is 22.9 Å². The number of carbonyl (C=O) groups is 1. The number of pyridine rings is 1. The highest BCUT2D eigenvalue weighted by Crippen LogP contribution is 2.25. The minimum atomic E-state index is -2.88. The third kappa shape index (κ3) is 2.12. The molecular weight excluding hydrogens is 263 g/mol. The maximum absolute atomic E-state index is 12.7. The molecule has 1 rings (SSSR count). The van der Waals surface area contributed by atoms with Gasteiger partial charge >= 0.3 is 0 Å². The summed E-state index contributed by atoms with van der Waals surface area (Å²) in [4.78, 5) is 13.8. The summed E-state index contributed by atoms with van der Waals surface area (Å²) < 4.78 is 37.4. The van der Waals surface area contributed by atoms with Crippen LogP contribution in [0.5, 0.6) is 0 Å². The molecule has 0 saturated heterocycles. The van der Waals surface area contributed by atoms with Crippen molar-refractivity contribution >= 4 is 22.2 Å². The van der Waals surface area contributed by atoms with Gasteiger partial charge in [-0.2, -0.15) is 4.39 Å². The fourth-order valence-corrected chi connectivity index (χ4v) is 1.44. The molecule has 0 saturated carbocycles. The average Bonchev–Trinajstić information content (AvgIpc) is 2.16. The second-order valence-electron chi connectivity index (χ2n) is 2.45. The van der Waals surface area contributed by atoms with E-state index < -0.39 is 17.9 Å². The lowest BCUT2D eigenvalue weighted by Gasteiger charge is -2.06. The minimum absolute atomic E-state index is 0.0182. The molecule has 0 aromatic carbocycles. The molecule has 0 bridgehead atoms. The van der Waals surface area contributed by atoms with Crippen LogP contribution in [0.25, 0.3) is 0 Å². The van der Waals surface area contributed by atoms with Crippen molar-refractivity contribution in [2.24, 2.45) is 0 Å². The number of hydrogen-bond acceptors (Lipinski definition) is 2. The van der Waals surface area contributed by atoms with Crippen molar-refractivity contribution < 1.29 is 18.0 Å². The Labute approximate surface area is 86.3 Å². The van der Waals surface area contributed by atoms with Gasteiger partial charge in [-0.05, 0) is 0 Å². The lowest BCUT2D eigenvalue weighted by Crippen LogP contribution is -2.03. The van der Waals surface area contributed by atoms with Crippen LogP contribution < -0.4 is 0 Å². The van der Waals surface area contributed by atoms with Crippen LogP contribution in [0.1, 0.15) is 28.0 Å². The largest absolute Gasteiger partial charge is 0.298 e. The summed E-state index contributed by atoms with van der Waals surface area (Å²) in [6.45, 7) is 0. The molecule has 0 radical (unpaired) electrons. The van der Waals surface area contributed by atoms with Gasteiger partial charge in [0.25, 0.3) is 6.43 Å². The number of rotatable bonds is 3. The lowest BCUT2D eigenvalue weighted by molar-refractivity contribution is 0.110. The Balaban J connectivity index is 3.39. The van der Waals surface area contributed by atoms with E-state index in [9.17, 15) is 18.0 Å². The fourth-order valence-electron chi connectivity index (χ4n) is 1.01. The van der Waals surface area contributed by atoms with Gasteiger partial charge in [0.2, 0.25) is 5.95 Å². The van der Waals surface area contributed by atoms with Crippen molar-refractivity contribution in [1.82, 2.24) is 4.98 Å². The molecule has 0 aliphatic heterocycles. The van der Waals surface area contributed by atoms with Crippen LogP contribution in [-0.4, -0.2) is 11.3 Å². The molecule has 0 fully saturated rings. The van der Waals surface area contributed by atoms with Crippen LogP contribution in [-0.2, 0) is 5.33 Å². The summed E-state index contributed by atoms with van der Waals surface area (Å²) in [6, 6.07) is 0.570. The zero-order valence-corrected chi connectivity index (χ0v) is 8.39. The molecule has 76 valence electrons. The van der Waals surface area contributed by atoms with Gasteiger partial charge in [0.15, 0.2) is 6.29 Å². The smallest absolute Gasteiger partial charge is 0.264 e. The number of aldehydes is 1. The zero-order chi connectivity index (χ0) is 10.7. The first kappa shape index (κ1) is 11.2. The first-order valence-electron chi connectivity index (χ1n) is 3.58. The molecule has 0 amide bonds. The number of alkyl halides is 3. The van der Waals surface area contributed by atoms with E-state index in [0.717, 1.165) is 0 Å². The topological polar surface area (TPSA) is 30.0 Å². The fraction of sp³-hybridized carbons (Fsp3) is 0.250. The number of aromatic nitrogens is 1. The Kier molecular flexibility index (Phi) is 3.62. The van der Waals surface area contributed by atoms with Crippen molar-refractivity contribution in [3.63, 3.8) is 0 Å². The van der Waals surface area contributed by atoms with Gasteiger partial charge in [-0.3, -0.25) is 4.79 Å². The van der Waals surface area contributed by atoms with E-state index in [1.807, 2.05) is 0 Å². The molecule has 1 aromatic heterocycles. The molecule has 14 heavy (non-hydrogen) atoms. The van der Waals surface area contributed by atoms with Crippen LogP contribution in [0, 0.1) is 5.95 Å². The second-order valence-corrected chi connectivity index (χ2v) is 3.01. The molecule has 0 spiro atoms. The first-order chi connectivity index (χ1) is 6.60. The highest BCUT2D eigenvalue weighted by molar-refractivity contribution is 9.08. The zero-order valence-electron chi connectivity index (χ0n) is 6.81. The van der Waals surface area contributed by atoms with Gasteiger partial charge in [-0.15, -0.1) is 0 Å². The SMILES string of the molecule is O=Cc1c(C(F)F)cc(F)nc1CBr. The van der Waals surface area contributed by atoms with E-state index in [1.165, 1.54) is 0 Å². The Hall–Kier alpha value is -0.910. The third-order valence-corrected chi connectivity index (χ3v) is 2.15. The summed E-state index contributed by atoms with van der Waals surface area (Å²) in [5, 5.41) is 0.0541. The quantitative estimate of drug-likeness (QED) is 0.479. The van der Waals surface area contributed by atoms with Crippen molar-refractivity contribution in [1.29, 1.82) is 0 Å². The molecule has 2 nitrogen and oxygen atoms in total. The standard InChI is InChI=1S/C8H5BrF3NO/c9-2-6-5(3-14)4(8(11)12)1-7(10)13-6/h1,3,8H,2H2. The predicted molar refractivity (Wildman–Crippen MR) is 47.2 cm³/mol. The molecular formula is C8H5BrF3NO. The predicted octanol–water partition coefficient (Wildman–Crippen LogP) is 2.87. The molecule has 0 unspecified atom stereocenters. The van der Waals surface area contributed by atoms with Crippen LogP contribution in [0.15, 0.2) is 6.07 Å². The summed E-state index contributed by atoms with van der Waals surface area (Å²) in [5.41, 5.74) is -0.893. The van der Waals surface area contributed by atoms with Crippen molar-refractivity contribution in [2.75, 3.05) is 0 Å². The Morgan fingerprint density at radius 2 is 2.21 bits per heavy atom. The van der Waals surface area contributed by atoms with E-state index in [4.69, 9.17) is 0 Å². The average molecular weight is 268 g/mol. The molecule has 1 heterocycles. The Morgan fingerprint density at radius 3 is 2.64 bits per heavy atom. The molecule has 0 N–H and O–H groups in total. The van der Waals surface area contributed by atoms with Crippen LogP contribution in [0.3, 0.4) is 0 Å². The highest BCUT2D eigenvalue weighted by atomic mass is 79.9. The number of carbonyl (C=O) groups excluding carboxylic acids is 1. The molecule has 6 heteroatoms. The van der Waals surface area contributed by atoms with E-state index >= 15 is 0 Å². The Morgan fingerprint density at radius 1 is 1.57 bits per heavy atom. The van der Waals surface area contributed by atoms with E-state index in [2.05, 4.69) is 20.9 Å². The summed E-state index contributed by atoms with van der Waals surface area (Å²) in [6.07, 6.45) is -2.63. The lowest BCUT2D eigenvalue weighted by atomic mass is 10.1. The summed E-state index contributed by atoms with van der Waals surface area (Å²) in [5.74, 6) is -1.01. The molecule has 0 atom stereocenters. The minimum Gasteiger partial charge on any atom is -0.298 e. The van der Waals surface area contributed by atoms with Gasteiger partial charge < -0.3 is 0 Å². The second kappa shape index (κ2) is 4.54. The van der Waals surface area contributed by atoms with E-state index in [0.29, 0.717) is 6.07 Å². The third-order valence-electron chi connectivity index (χ3n) is 1.62. The van der Waals surface area contributed by atoms with Gasteiger partial charge in [0.05, 0.1) is 5.69 Å². The normalized spacial score (nSPS) is 10.6. The molecule has 0 aliphatic carbocycles. The van der Waals surface area contributed by atoms with Gasteiger partial charge in [0.1, 0.15) is 0 Å². The maximum Gasteiger partial charge on any atom is 0.264 e.